The highest BCUT2D eigenvalue weighted by Gasteiger charge is 2.24. The Bertz CT molecular complexity index is 494. The molecule has 0 spiro atoms. The summed E-state index contributed by atoms with van der Waals surface area (Å²) in [5.41, 5.74) is 3.23. The number of piperidine rings is 1. The van der Waals surface area contributed by atoms with Gasteiger partial charge in [0.2, 0.25) is 0 Å². The number of nitrogens with one attached hydrogen (secondary N) is 1. The topological polar surface area (TPSA) is 50.2 Å². The summed E-state index contributed by atoms with van der Waals surface area (Å²) >= 11 is 0. The molecule has 112 valence electrons. The molecule has 1 fully saturated rings. The van der Waals surface area contributed by atoms with Gasteiger partial charge in [-0.05, 0) is 39.5 Å². The molecule has 20 heavy (non-hydrogen) atoms. The first-order valence-corrected chi connectivity index (χ1v) is 7.45. The average Bonchev–Trinajstić information content (AvgIpc) is 2.63. The van der Waals surface area contributed by atoms with Crippen LogP contribution in [0.1, 0.15) is 49.7 Å². The van der Waals surface area contributed by atoms with Gasteiger partial charge in [-0.2, -0.15) is 5.10 Å². The van der Waals surface area contributed by atoms with Crippen LogP contribution in [0.2, 0.25) is 0 Å². The first kappa shape index (κ1) is 14.9. The van der Waals surface area contributed by atoms with E-state index in [2.05, 4.69) is 17.3 Å². The summed E-state index contributed by atoms with van der Waals surface area (Å²) in [5, 5.41) is 7.53. The van der Waals surface area contributed by atoms with Crippen molar-refractivity contribution in [1.29, 1.82) is 0 Å². The fraction of sp³-hybridized carbons (Fsp3) is 0.733. The van der Waals surface area contributed by atoms with Crippen LogP contribution in [-0.4, -0.2) is 33.8 Å². The highest BCUT2D eigenvalue weighted by Crippen LogP contribution is 2.22. The van der Waals surface area contributed by atoms with E-state index >= 15 is 0 Å². The number of aromatic nitrogens is 2. The van der Waals surface area contributed by atoms with E-state index in [0.717, 1.165) is 36.5 Å². The smallest absolute Gasteiger partial charge is 0.317 e. The minimum atomic E-state index is -0.00608. The molecule has 1 aromatic rings. The van der Waals surface area contributed by atoms with Gasteiger partial charge in [-0.3, -0.25) is 4.68 Å². The summed E-state index contributed by atoms with van der Waals surface area (Å²) in [6.45, 7) is 10.0. The zero-order valence-electron chi connectivity index (χ0n) is 13.2. The van der Waals surface area contributed by atoms with Crippen LogP contribution in [0.4, 0.5) is 4.79 Å². The van der Waals surface area contributed by atoms with Crippen molar-refractivity contribution in [2.75, 3.05) is 13.1 Å². The van der Waals surface area contributed by atoms with Crippen molar-refractivity contribution >= 4 is 6.03 Å². The molecular weight excluding hydrogens is 252 g/mol. The first-order chi connectivity index (χ1) is 9.40. The van der Waals surface area contributed by atoms with Gasteiger partial charge in [0.05, 0.1) is 11.7 Å². The van der Waals surface area contributed by atoms with Crippen LogP contribution in [0.3, 0.4) is 0 Å². The van der Waals surface area contributed by atoms with Crippen LogP contribution in [0.25, 0.3) is 0 Å². The van der Waals surface area contributed by atoms with E-state index in [1.54, 1.807) is 0 Å². The molecule has 1 N–H and O–H groups in total. The number of rotatable bonds is 2. The third-order valence-corrected chi connectivity index (χ3v) is 4.28. The SMILES string of the molecule is Cc1nn(C)c(C)c1C(C)NC(=O)N1CCCC(C)C1. The molecule has 5 heteroatoms. The van der Waals surface area contributed by atoms with Crippen LogP contribution in [0, 0.1) is 19.8 Å². The molecule has 2 heterocycles. The number of amides is 2. The van der Waals surface area contributed by atoms with Crippen LogP contribution >= 0.6 is 0 Å². The van der Waals surface area contributed by atoms with Gasteiger partial charge >= 0.3 is 6.03 Å². The molecule has 1 aliphatic heterocycles. The first-order valence-electron chi connectivity index (χ1n) is 7.45. The molecule has 2 unspecified atom stereocenters. The Kier molecular flexibility index (Phi) is 4.35. The van der Waals surface area contributed by atoms with E-state index in [1.807, 2.05) is 37.4 Å². The predicted octanol–water partition coefficient (Wildman–Crippen LogP) is 2.54. The molecular formula is C15H26N4O. The molecule has 2 amide bonds. The number of nitrogens with zero attached hydrogens (tertiary/aromatic N) is 3. The van der Waals surface area contributed by atoms with Crippen LogP contribution < -0.4 is 5.32 Å². The summed E-state index contributed by atoms with van der Waals surface area (Å²) in [4.78, 5) is 14.3. The van der Waals surface area contributed by atoms with Crippen molar-refractivity contribution in [3.63, 3.8) is 0 Å². The van der Waals surface area contributed by atoms with Crippen molar-refractivity contribution < 1.29 is 4.79 Å². The Morgan fingerprint density at radius 3 is 2.70 bits per heavy atom. The Balaban J connectivity index is 2.03. The number of carbonyl (C=O) groups excluding carboxylic acids is 1. The number of hydrogen-bond acceptors (Lipinski definition) is 2. The van der Waals surface area contributed by atoms with Gasteiger partial charge in [-0.15, -0.1) is 0 Å². The quantitative estimate of drug-likeness (QED) is 0.904. The van der Waals surface area contributed by atoms with Gasteiger partial charge in [0.25, 0.3) is 0 Å². The van der Waals surface area contributed by atoms with E-state index in [1.165, 1.54) is 6.42 Å². The fourth-order valence-electron chi connectivity index (χ4n) is 3.14. The van der Waals surface area contributed by atoms with Gasteiger partial charge in [0.1, 0.15) is 0 Å². The molecule has 1 aromatic heterocycles. The second-order valence-electron chi connectivity index (χ2n) is 6.07. The lowest BCUT2D eigenvalue weighted by atomic mass is 10.0. The lowest BCUT2D eigenvalue weighted by Gasteiger charge is -2.32. The number of hydrogen-bond donors (Lipinski definition) is 1. The van der Waals surface area contributed by atoms with Crippen LogP contribution in [-0.2, 0) is 7.05 Å². The molecule has 5 nitrogen and oxygen atoms in total. The van der Waals surface area contributed by atoms with Crippen molar-refractivity contribution in [2.24, 2.45) is 13.0 Å². The van der Waals surface area contributed by atoms with E-state index in [4.69, 9.17) is 0 Å². The monoisotopic (exact) mass is 278 g/mol. The van der Waals surface area contributed by atoms with Gasteiger partial charge in [-0.1, -0.05) is 6.92 Å². The zero-order chi connectivity index (χ0) is 14.9. The molecule has 0 aliphatic carbocycles. The molecule has 0 aromatic carbocycles. The van der Waals surface area contributed by atoms with Gasteiger partial charge in [0, 0.05) is 31.4 Å². The summed E-state index contributed by atoms with van der Waals surface area (Å²) < 4.78 is 1.87. The molecule has 0 bridgehead atoms. The van der Waals surface area contributed by atoms with Crippen LogP contribution in [0.15, 0.2) is 0 Å². The van der Waals surface area contributed by atoms with E-state index in [9.17, 15) is 4.79 Å². The minimum Gasteiger partial charge on any atom is -0.331 e. The van der Waals surface area contributed by atoms with Crippen molar-refractivity contribution in [2.45, 2.75) is 46.6 Å². The molecule has 2 atom stereocenters. The lowest BCUT2D eigenvalue weighted by molar-refractivity contribution is 0.167. The molecule has 2 rings (SSSR count). The number of carbonyl (C=O) groups is 1. The van der Waals surface area contributed by atoms with E-state index in [-0.39, 0.29) is 12.1 Å². The highest BCUT2D eigenvalue weighted by molar-refractivity contribution is 5.74. The Morgan fingerprint density at radius 1 is 1.45 bits per heavy atom. The maximum Gasteiger partial charge on any atom is 0.317 e. The van der Waals surface area contributed by atoms with Crippen LogP contribution in [0.5, 0.6) is 0 Å². The van der Waals surface area contributed by atoms with Crippen molar-refractivity contribution in [1.82, 2.24) is 20.0 Å². The van der Waals surface area contributed by atoms with E-state index in [0.29, 0.717) is 5.92 Å². The van der Waals surface area contributed by atoms with E-state index < -0.39 is 0 Å². The molecule has 0 saturated carbocycles. The predicted molar refractivity (Wildman–Crippen MR) is 79.6 cm³/mol. The molecule has 1 aliphatic rings. The second kappa shape index (κ2) is 5.85. The normalized spacial score (nSPS) is 20.9. The van der Waals surface area contributed by atoms with Gasteiger partial charge < -0.3 is 10.2 Å². The average molecular weight is 278 g/mol. The maximum absolute atomic E-state index is 12.3. The maximum atomic E-state index is 12.3. The fourth-order valence-corrected chi connectivity index (χ4v) is 3.14. The minimum absolute atomic E-state index is 0.00608. The van der Waals surface area contributed by atoms with Crippen molar-refractivity contribution in [3.05, 3.63) is 17.0 Å². The Labute approximate surface area is 121 Å². The largest absolute Gasteiger partial charge is 0.331 e. The standard InChI is InChI=1S/C15H26N4O/c1-10-7-6-8-19(9-10)15(20)16-11(2)14-12(3)17-18(5)13(14)4/h10-11H,6-9H2,1-5H3,(H,16,20). The van der Waals surface area contributed by atoms with Gasteiger partial charge in [0.15, 0.2) is 0 Å². The summed E-state index contributed by atoms with van der Waals surface area (Å²) in [6, 6.07) is 0.0418. The number of likely N-dealkylation sites (tertiary alicyclic amines) is 1. The Hall–Kier alpha value is -1.52. The van der Waals surface area contributed by atoms with Crippen molar-refractivity contribution in [3.8, 4) is 0 Å². The van der Waals surface area contributed by atoms with Gasteiger partial charge in [-0.25, -0.2) is 4.79 Å². The number of urea groups is 1. The highest BCUT2D eigenvalue weighted by atomic mass is 16.2. The summed E-state index contributed by atoms with van der Waals surface area (Å²) in [6.07, 6.45) is 2.33. The zero-order valence-corrected chi connectivity index (χ0v) is 13.2. The third-order valence-electron chi connectivity index (χ3n) is 4.28. The summed E-state index contributed by atoms with van der Waals surface area (Å²) in [7, 11) is 1.94. The second-order valence-corrected chi connectivity index (χ2v) is 6.07. The lowest BCUT2D eigenvalue weighted by Crippen LogP contribution is -2.45. The molecule has 0 radical (unpaired) electrons. The number of aryl methyl sites for hydroxylation is 2. The molecule has 1 saturated heterocycles. The summed E-state index contributed by atoms with van der Waals surface area (Å²) in [5.74, 6) is 0.603. The Morgan fingerprint density at radius 2 is 2.15 bits per heavy atom. The third kappa shape index (κ3) is 2.97.